The van der Waals surface area contributed by atoms with E-state index in [2.05, 4.69) is 5.32 Å². The van der Waals surface area contributed by atoms with Gasteiger partial charge in [0.05, 0.1) is 19.5 Å². The Bertz CT molecular complexity index is 819. The summed E-state index contributed by atoms with van der Waals surface area (Å²) in [7, 11) is 0. The number of furan rings is 1. The fourth-order valence-corrected chi connectivity index (χ4v) is 3.38. The van der Waals surface area contributed by atoms with E-state index in [0.29, 0.717) is 50.6 Å². The lowest BCUT2D eigenvalue weighted by molar-refractivity contribution is -0.187. The summed E-state index contributed by atoms with van der Waals surface area (Å²) in [5.41, 5.74) is 0.557. The molecule has 0 radical (unpaired) electrons. The summed E-state index contributed by atoms with van der Waals surface area (Å²) in [5, 5.41) is 2.73. The number of amides is 2. The monoisotopic (exact) mass is 386 g/mol. The molecular formula is C20H22N2O6. The quantitative estimate of drug-likeness (QED) is 0.848. The molecule has 4 rings (SSSR count). The van der Waals surface area contributed by atoms with Crippen molar-refractivity contribution in [1.82, 2.24) is 4.90 Å². The Kier molecular flexibility index (Phi) is 5.31. The highest BCUT2D eigenvalue weighted by Crippen LogP contribution is 2.31. The van der Waals surface area contributed by atoms with Gasteiger partial charge in [0.2, 0.25) is 0 Å². The highest BCUT2D eigenvalue weighted by atomic mass is 16.7. The lowest BCUT2D eigenvalue weighted by Gasteiger charge is -2.37. The van der Waals surface area contributed by atoms with Crippen LogP contribution in [0.4, 0.5) is 5.69 Å². The van der Waals surface area contributed by atoms with Crippen molar-refractivity contribution in [2.75, 3.05) is 38.2 Å². The van der Waals surface area contributed by atoms with E-state index in [0.717, 1.165) is 0 Å². The molecule has 1 spiro atoms. The molecule has 0 unspecified atom stereocenters. The molecule has 1 N–H and O–H groups in total. The lowest BCUT2D eigenvalue weighted by Crippen LogP contribution is -2.48. The molecule has 2 saturated heterocycles. The zero-order chi connectivity index (χ0) is 19.4. The van der Waals surface area contributed by atoms with Crippen LogP contribution < -0.4 is 10.1 Å². The summed E-state index contributed by atoms with van der Waals surface area (Å²) in [4.78, 5) is 26.2. The summed E-state index contributed by atoms with van der Waals surface area (Å²) in [6, 6.07) is 10.1. The first-order valence-corrected chi connectivity index (χ1v) is 9.27. The van der Waals surface area contributed by atoms with Gasteiger partial charge in [0.1, 0.15) is 5.75 Å². The smallest absolute Gasteiger partial charge is 0.291 e. The van der Waals surface area contributed by atoms with Crippen LogP contribution in [0, 0.1) is 0 Å². The average Bonchev–Trinajstić information content (AvgIpc) is 3.40. The summed E-state index contributed by atoms with van der Waals surface area (Å²) in [6.07, 6.45) is 2.79. The topological polar surface area (TPSA) is 90.2 Å². The molecule has 1 aromatic heterocycles. The number of hydrogen-bond acceptors (Lipinski definition) is 6. The number of nitrogens with one attached hydrogen (secondary N) is 1. The van der Waals surface area contributed by atoms with Crippen molar-refractivity contribution in [3.8, 4) is 5.75 Å². The van der Waals surface area contributed by atoms with E-state index in [-0.39, 0.29) is 24.2 Å². The molecule has 1 aromatic carbocycles. The molecule has 8 heteroatoms. The van der Waals surface area contributed by atoms with Crippen molar-refractivity contribution < 1.29 is 28.2 Å². The SMILES string of the molecule is O=C(Nc1cccc(OCC(=O)N2CCC3(CC2)OCCO3)c1)c1ccco1. The summed E-state index contributed by atoms with van der Waals surface area (Å²) in [6.45, 7) is 2.33. The average molecular weight is 386 g/mol. The van der Waals surface area contributed by atoms with Crippen LogP contribution in [0.15, 0.2) is 47.1 Å². The van der Waals surface area contributed by atoms with Crippen LogP contribution in [0.1, 0.15) is 23.4 Å². The zero-order valence-corrected chi connectivity index (χ0v) is 15.4. The lowest BCUT2D eigenvalue weighted by atomic mass is 10.0. The minimum atomic E-state index is -0.502. The second-order valence-corrected chi connectivity index (χ2v) is 6.74. The van der Waals surface area contributed by atoms with Crippen molar-refractivity contribution >= 4 is 17.5 Å². The molecule has 2 amide bonds. The Hall–Kier alpha value is -2.84. The second kappa shape index (κ2) is 8.04. The number of benzene rings is 1. The molecule has 2 aromatic rings. The first-order valence-electron chi connectivity index (χ1n) is 9.27. The van der Waals surface area contributed by atoms with E-state index in [9.17, 15) is 9.59 Å². The third-order valence-corrected chi connectivity index (χ3v) is 4.89. The number of likely N-dealkylation sites (tertiary alicyclic amines) is 1. The Morgan fingerprint density at radius 3 is 2.61 bits per heavy atom. The molecule has 8 nitrogen and oxygen atoms in total. The Balaban J connectivity index is 1.28. The van der Waals surface area contributed by atoms with Gasteiger partial charge in [0, 0.05) is 37.7 Å². The van der Waals surface area contributed by atoms with Gasteiger partial charge in [-0.15, -0.1) is 0 Å². The number of carbonyl (C=O) groups excluding carboxylic acids is 2. The molecule has 0 bridgehead atoms. The fourth-order valence-electron chi connectivity index (χ4n) is 3.38. The molecule has 28 heavy (non-hydrogen) atoms. The number of carbonyl (C=O) groups is 2. The van der Waals surface area contributed by atoms with Crippen molar-refractivity contribution in [1.29, 1.82) is 0 Å². The number of anilines is 1. The molecule has 0 atom stereocenters. The van der Waals surface area contributed by atoms with Crippen molar-refractivity contribution in [2.24, 2.45) is 0 Å². The highest BCUT2D eigenvalue weighted by Gasteiger charge is 2.40. The van der Waals surface area contributed by atoms with Gasteiger partial charge in [-0.05, 0) is 24.3 Å². The van der Waals surface area contributed by atoms with E-state index in [1.807, 2.05) is 0 Å². The first-order chi connectivity index (χ1) is 13.6. The maximum absolute atomic E-state index is 12.4. The predicted octanol–water partition coefficient (Wildman–Crippen LogP) is 2.28. The van der Waals surface area contributed by atoms with Gasteiger partial charge in [-0.1, -0.05) is 6.07 Å². The number of piperidine rings is 1. The number of rotatable bonds is 5. The van der Waals surface area contributed by atoms with Crippen molar-refractivity contribution in [3.05, 3.63) is 48.4 Å². The number of nitrogens with zero attached hydrogens (tertiary/aromatic N) is 1. The molecule has 0 aliphatic carbocycles. The molecular weight excluding hydrogens is 364 g/mol. The van der Waals surface area contributed by atoms with E-state index in [1.165, 1.54) is 6.26 Å². The van der Waals surface area contributed by atoms with Gasteiger partial charge in [-0.2, -0.15) is 0 Å². The molecule has 2 aliphatic rings. The van der Waals surface area contributed by atoms with Crippen molar-refractivity contribution in [3.63, 3.8) is 0 Å². The van der Waals surface area contributed by atoms with Crippen LogP contribution in [-0.2, 0) is 14.3 Å². The van der Waals surface area contributed by atoms with Crippen molar-refractivity contribution in [2.45, 2.75) is 18.6 Å². The molecule has 2 aliphatic heterocycles. The highest BCUT2D eigenvalue weighted by molar-refractivity contribution is 6.02. The molecule has 148 valence electrons. The van der Waals surface area contributed by atoms with Gasteiger partial charge >= 0.3 is 0 Å². The molecule has 3 heterocycles. The Labute approximate surface area is 162 Å². The van der Waals surface area contributed by atoms with E-state index in [1.54, 1.807) is 41.3 Å². The van der Waals surface area contributed by atoms with Crippen LogP contribution in [-0.4, -0.2) is 55.4 Å². The molecule has 0 saturated carbocycles. The summed E-state index contributed by atoms with van der Waals surface area (Å²) >= 11 is 0. The zero-order valence-electron chi connectivity index (χ0n) is 15.4. The fraction of sp³-hybridized carbons (Fsp3) is 0.400. The van der Waals surface area contributed by atoms with Crippen LogP contribution in [0.25, 0.3) is 0 Å². The van der Waals surface area contributed by atoms with E-state index >= 15 is 0 Å². The van der Waals surface area contributed by atoms with Gasteiger partial charge < -0.3 is 28.8 Å². The Morgan fingerprint density at radius 1 is 1.11 bits per heavy atom. The predicted molar refractivity (Wildman–Crippen MR) is 99.0 cm³/mol. The van der Waals surface area contributed by atoms with Gasteiger partial charge in [-0.25, -0.2) is 0 Å². The van der Waals surface area contributed by atoms with Crippen LogP contribution in [0.5, 0.6) is 5.75 Å². The van der Waals surface area contributed by atoms with Gasteiger partial charge in [0.25, 0.3) is 11.8 Å². The van der Waals surface area contributed by atoms with Crippen LogP contribution in [0.2, 0.25) is 0 Å². The number of hydrogen-bond donors (Lipinski definition) is 1. The summed E-state index contributed by atoms with van der Waals surface area (Å²) < 4.78 is 22.0. The minimum Gasteiger partial charge on any atom is -0.484 e. The maximum Gasteiger partial charge on any atom is 0.291 e. The third kappa shape index (κ3) is 4.18. The second-order valence-electron chi connectivity index (χ2n) is 6.74. The van der Waals surface area contributed by atoms with E-state index in [4.69, 9.17) is 18.6 Å². The normalized spacial score (nSPS) is 18.2. The standard InChI is InChI=1S/C20H22N2O6/c23-18(22-8-6-20(7-9-22)27-11-12-28-20)14-26-16-4-1-3-15(13-16)21-19(24)17-5-2-10-25-17/h1-5,10,13H,6-9,11-12,14H2,(H,21,24). The summed E-state index contributed by atoms with van der Waals surface area (Å²) in [5.74, 6) is -0.214. The molecule has 2 fully saturated rings. The first kappa shape index (κ1) is 18.5. The minimum absolute atomic E-state index is 0.0652. The number of ether oxygens (including phenoxy) is 3. The van der Waals surface area contributed by atoms with Gasteiger partial charge in [0.15, 0.2) is 18.2 Å². The van der Waals surface area contributed by atoms with E-state index < -0.39 is 5.79 Å². The van der Waals surface area contributed by atoms with Crippen LogP contribution >= 0.6 is 0 Å². The maximum atomic E-state index is 12.4. The third-order valence-electron chi connectivity index (χ3n) is 4.89. The Morgan fingerprint density at radius 2 is 1.89 bits per heavy atom. The van der Waals surface area contributed by atoms with Crippen LogP contribution in [0.3, 0.4) is 0 Å². The largest absolute Gasteiger partial charge is 0.484 e. The van der Waals surface area contributed by atoms with Gasteiger partial charge in [-0.3, -0.25) is 9.59 Å².